The third-order valence-corrected chi connectivity index (χ3v) is 4.91. The van der Waals surface area contributed by atoms with Crippen molar-refractivity contribution in [2.75, 3.05) is 0 Å². The van der Waals surface area contributed by atoms with Crippen LogP contribution in [0.25, 0.3) is 0 Å². The second-order valence-corrected chi connectivity index (χ2v) is 6.61. The molecular formula is C23H17FO3. The van der Waals surface area contributed by atoms with Gasteiger partial charge in [0.25, 0.3) is 0 Å². The molecule has 1 aliphatic heterocycles. The van der Waals surface area contributed by atoms with Crippen LogP contribution in [0, 0.1) is 11.7 Å². The van der Waals surface area contributed by atoms with E-state index in [9.17, 15) is 14.0 Å². The average Bonchev–Trinajstić information content (AvgIpc) is 2.68. The second kappa shape index (κ2) is 6.80. The summed E-state index contributed by atoms with van der Waals surface area (Å²) in [6.45, 7) is 1.42. The number of fused-ring (bicyclic) bond motifs is 2. The van der Waals surface area contributed by atoms with Crippen LogP contribution in [-0.2, 0) is 4.79 Å². The number of carbonyl (C=O) groups is 2. The predicted octanol–water partition coefficient (Wildman–Crippen LogP) is 5.15. The maximum Gasteiger partial charge on any atom is 0.174 e. The monoisotopic (exact) mass is 360 g/mol. The lowest BCUT2D eigenvalue weighted by Gasteiger charge is -2.32. The van der Waals surface area contributed by atoms with E-state index in [1.807, 2.05) is 48.5 Å². The number of carbonyl (C=O) groups excluding carboxylic acids is 2. The zero-order chi connectivity index (χ0) is 19.0. The van der Waals surface area contributed by atoms with Crippen LogP contribution in [0.15, 0.2) is 72.8 Å². The molecule has 1 atom stereocenters. The van der Waals surface area contributed by atoms with Gasteiger partial charge in [0.15, 0.2) is 5.78 Å². The minimum absolute atomic E-state index is 0.235. The molecule has 1 heterocycles. The molecule has 0 saturated heterocycles. The van der Waals surface area contributed by atoms with Crippen molar-refractivity contribution in [2.45, 2.75) is 12.8 Å². The molecule has 0 fully saturated rings. The normalized spacial score (nSPS) is 13.9. The van der Waals surface area contributed by atoms with Gasteiger partial charge in [-0.1, -0.05) is 36.4 Å². The number of hydrogen-bond acceptors (Lipinski definition) is 3. The molecule has 27 heavy (non-hydrogen) atoms. The molecule has 0 aromatic heterocycles. The summed E-state index contributed by atoms with van der Waals surface area (Å²) in [5, 5.41) is 0. The molecule has 0 bridgehead atoms. The topological polar surface area (TPSA) is 43.4 Å². The van der Waals surface area contributed by atoms with Crippen molar-refractivity contribution in [3.63, 3.8) is 0 Å². The maximum absolute atomic E-state index is 13.3. The number of hydrogen-bond donors (Lipinski definition) is 0. The molecule has 0 amide bonds. The van der Waals surface area contributed by atoms with Gasteiger partial charge in [-0.2, -0.15) is 0 Å². The fourth-order valence-electron chi connectivity index (χ4n) is 3.67. The van der Waals surface area contributed by atoms with Gasteiger partial charge in [0.05, 0.1) is 5.92 Å². The fourth-order valence-corrected chi connectivity index (χ4v) is 3.67. The predicted molar refractivity (Wildman–Crippen MR) is 99.7 cm³/mol. The lowest BCUT2D eigenvalue weighted by Crippen LogP contribution is -2.31. The van der Waals surface area contributed by atoms with E-state index in [2.05, 4.69) is 0 Å². The summed E-state index contributed by atoms with van der Waals surface area (Å²) >= 11 is 0. The highest BCUT2D eigenvalue weighted by atomic mass is 19.1. The van der Waals surface area contributed by atoms with Crippen LogP contribution >= 0.6 is 0 Å². The van der Waals surface area contributed by atoms with Gasteiger partial charge >= 0.3 is 0 Å². The van der Waals surface area contributed by atoms with E-state index in [-0.39, 0.29) is 11.6 Å². The highest BCUT2D eigenvalue weighted by Gasteiger charge is 2.39. The summed E-state index contributed by atoms with van der Waals surface area (Å²) < 4.78 is 19.2. The maximum atomic E-state index is 13.3. The molecule has 3 aromatic rings. The molecule has 3 aromatic carbocycles. The van der Waals surface area contributed by atoms with E-state index in [0.29, 0.717) is 17.1 Å². The molecule has 0 saturated carbocycles. The van der Waals surface area contributed by atoms with Gasteiger partial charge in [-0.15, -0.1) is 0 Å². The van der Waals surface area contributed by atoms with Crippen LogP contribution in [-0.4, -0.2) is 11.6 Å². The molecule has 0 radical (unpaired) electrons. The lowest BCUT2D eigenvalue weighted by atomic mass is 9.74. The van der Waals surface area contributed by atoms with Crippen molar-refractivity contribution in [1.29, 1.82) is 0 Å². The van der Waals surface area contributed by atoms with Gasteiger partial charge < -0.3 is 4.74 Å². The van der Waals surface area contributed by atoms with E-state index in [1.54, 1.807) is 0 Å². The summed E-state index contributed by atoms with van der Waals surface area (Å²) in [6.07, 6.45) is 0. The number of rotatable bonds is 4. The van der Waals surface area contributed by atoms with Crippen LogP contribution in [0.1, 0.15) is 34.3 Å². The summed E-state index contributed by atoms with van der Waals surface area (Å²) in [5.74, 6) is -1.07. The largest absolute Gasteiger partial charge is 0.457 e. The van der Waals surface area contributed by atoms with Crippen molar-refractivity contribution in [3.05, 3.63) is 95.3 Å². The number of ether oxygens (including phenoxy) is 1. The zero-order valence-electron chi connectivity index (χ0n) is 14.7. The Hall–Kier alpha value is -3.27. The van der Waals surface area contributed by atoms with Gasteiger partial charge in [-0.3, -0.25) is 9.59 Å². The van der Waals surface area contributed by atoms with Gasteiger partial charge in [-0.05, 0) is 43.3 Å². The van der Waals surface area contributed by atoms with E-state index in [1.165, 1.54) is 31.2 Å². The van der Waals surface area contributed by atoms with E-state index >= 15 is 0 Å². The van der Waals surface area contributed by atoms with Crippen LogP contribution in [0.4, 0.5) is 4.39 Å². The first-order chi connectivity index (χ1) is 13.1. The quantitative estimate of drug-likeness (QED) is 0.477. The highest BCUT2D eigenvalue weighted by molar-refractivity contribution is 6.11. The molecule has 0 aliphatic carbocycles. The Morgan fingerprint density at radius 1 is 0.852 bits per heavy atom. The van der Waals surface area contributed by atoms with E-state index in [4.69, 9.17) is 4.74 Å². The van der Waals surface area contributed by atoms with Gasteiger partial charge in [0.1, 0.15) is 23.1 Å². The van der Waals surface area contributed by atoms with Crippen LogP contribution < -0.4 is 4.74 Å². The van der Waals surface area contributed by atoms with Crippen molar-refractivity contribution < 1.29 is 18.7 Å². The Labute approximate surface area is 156 Å². The zero-order valence-corrected chi connectivity index (χ0v) is 14.7. The van der Waals surface area contributed by atoms with E-state index < -0.39 is 17.7 Å². The van der Waals surface area contributed by atoms with Gasteiger partial charge in [0.2, 0.25) is 0 Å². The SMILES string of the molecule is CC(=O)[C@H](C(=O)c1ccc(F)cc1)C1c2ccccc2Oc2ccccc21. The van der Waals surface area contributed by atoms with Crippen molar-refractivity contribution in [1.82, 2.24) is 0 Å². The van der Waals surface area contributed by atoms with Crippen LogP contribution in [0.2, 0.25) is 0 Å². The minimum atomic E-state index is -0.915. The second-order valence-electron chi connectivity index (χ2n) is 6.61. The van der Waals surface area contributed by atoms with Crippen LogP contribution in [0.3, 0.4) is 0 Å². The van der Waals surface area contributed by atoms with E-state index in [0.717, 1.165) is 11.1 Å². The van der Waals surface area contributed by atoms with Gasteiger partial charge in [0, 0.05) is 22.6 Å². The Morgan fingerprint density at radius 2 is 1.37 bits per heavy atom. The van der Waals surface area contributed by atoms with Crippen molar-refractivity contribution >= 4 is 11.6 Å². The molecule has 0 unspecified atom stereocenters. The molecule has 4 rings (SSSR count). The summed E-state index contributed by atoms with van der Waals surface area (Å²) in [5.41, 5.74) is 1.91. The van der Waals surface area contributed by atoms with Gasteiger partial charge in [-0.25, -0.2) is 4.39 Å². The molecule has 0 N–H and O–H groups in total. The summed E-state index contributed by atoms with van der Waals surface area (Å²) in [7, 11) is 0. The van der Waals surface area contributed by atoms with Crippen LogP contribution in [0.5, 0.6) is 11.5 Å². The first-order valence-electron chi connectivity index (χ1n) is 8.72. The molecular weight excluding hydrogens is 343 g/mol. The molecule has 3 nitrogen and oxygen atoms in total. The number of ketones is 2. The third kappa shape index (κ3) is 3.04. The Morgan fingerprint density at radius 3 is 1.89 bits per heavy atom. The third-order valence-electron chi connectivity index (χ3n) is 4.91. The molecule has 0 spiro atoms. The number of Topliss-reactive ketones (excluding diaryl/α,β-unsaturated/α-hetero) is 2. The summed E-state index contributed by atoms with van der Waals surface area (Å²) in [6, 6.07) is 20.2. The Bertz CT molecular complexity index is 978. The number of benzene rings is 3. The Balaban J connectivity index is 1.87. The smallest absolute Gasteiger partial charge is 0.174 e. The Kier molecular flexibility index (Phi) is 4.32. The first-order valence-corrected chi connectivity index (χ1v) is 8.72. The molecule has 134 valence electrons. The number of para-hydroxylation sites is 2. The van der Waals surface area contributed by atoms with Crippen molar-refractivity contribution in [2.24, 2.45) is 5.92 Å². The lowest BCUT2D eigenvalue weighted by molar-refractivity contribution is -0.119. The molecule has 1 aliphatic rings. The highest BCUT2D eigenvalue weighted by Crippen LogP contribution is 2.48. The molecule has 4 heteroatoms. The standard InChI is InChI=1S/C23H17FO3/c1-14(25)21(23(26)15-10-12-16(24)13-11-15)22-17-6-2-4-8-19(17)27-20-9-5-3-7-18(20)22/h2-13,21-22H,1H3/t21-/m0/s1. The van der Waals surface area contributed by atoms with Crippen molar-refractivity contribution in [3.8, 4) is 11.5 Å². The summed E-state index contributed by atoms with van der Waals surface area (Å²) in [4.78, 5) is 25.8. The minimum Gasteiger partial charge on any atom is -0.457 e. The fraction of sp³-hybridized carbons (Fsp3) is 0.130. The number of halogens is 1. The average molecular weight is 360 g/mol. The first kappa shape index (κ1) is 17.2.